The van der Waals surface area contributed by atoms with Crippen molar-refractivity contribution < 1.29 is 28.7 Å². The average molecular weight is 446 g/mol. The van der Waals surface area contributed by atoms with Gasteiger partial charge in [-0.25, -0.2) is 9.59 Å². The summed E-state index contributed by atoms with van der Waals surface area (Å²) < 4.78 is 9.39. The molecule has 0 unspecified atom stereocenters. The van der Waals surface area contributed by atoms with Gasteiger partial charge in [0.1, 0.15) is 0 Å². The minimum Gasteiger partial charge on any atom is -0.465 e. The van der Waals surface area contributed by atoms with Gasteiger partial charge >= 0.3 is 11.9 Å². The zero-order valence-electron chi connectivity index (χ0n) is 18.1. The van der Waals surface area contributed by atoms with Crippen LogP contribution >= 0.6 is 0 Å². The minimum absolute atomic E-state index is 0.0974. The molecule has 0 atom stereocenters. The zero-order valence-corrected chi connectivity index (χ0v) is 18.1. The van der Waals surface area contributed by atoms with E-state index in [1.54, 1.807) is 48.5 Å². The lowest BCUT2D eigenvalue weighted by atomic mass is 10.1. The number of hydrogen-bond donors (Lipinski definition) is 2. The number of carbonyl (C=O) groups excluding carboxylic acids is 4. The molecule has 0 heterocycles. The molecule has 3 rings (SSSR count). The van der Waals surface area contributed by atoms with E-state index < -0.39 is 17.8 Å². The van der Waals surface area contributed by atoms with Crippen molar-refractivity contribution in [3.8, 4) is 0 Å². The van der Waals surface area contributed by atoms with E-state index in [4.69, 9.17) is 9.47 Å². The molecule has 0 aromatic heterocycles. The molecule has 0 saturated carbocycles. The Hall–Kier alpha value is -4.46. The smallest absolute Gasteiger partial charge is 0.337 e. The van der Waals surface area contributed by atoms with Crippen LogP contribution in [0.15, 0.2) is 72.8 Å². The average Bonchev–Trinajstić information content (AvgIpc) is 2.86. The van der Waals surface area contributed by atoms with E-state index >= 15 is 0 Å². The van der Waals surface area contributed by atoms with Crippen LogP contribution in [-0.4, -0.2) is 38.0 Å². The van der Waals surface area contributed by atoms with Gasteiger partial charge in [0.15, 0.2) is 0 Å². The van der Waals surface area contributed by atoms with Crippen LogP contribution in [0.3, 0.4) is 0 Å². The largest absolute Gasteiger partial charge is 0.465 e. The number of carbonyl (C=O) groups is 4. The van der Waals surface area contributed by atoms with Crippen molar-refractivity contribution in [1.29, 1.82) is 0 Å². The minimum atomic E-state index is -0.654. The highest BCUT2D eigenvalue weighted by Crippen LogP contribution is 2.18. The SMILES string of the molecule is COC(=O)c1cc(NC(=O)c2ccc(CNC(=O)c3ccccc3)cc2)cc(C(=O)OC)c1. The fourth-order valence-electron chi connectivity index (χ4n) is 3.02. The Morgan fingerprint density at radius 1 is 0.667 bits per heavy atom. The lowest BCUT2D eigenvalue weighted by Gasteiger charge is -2.10. The molecule has 0 fully saturated rings. The first kappa shape index (κ1) is 23.2. The second-order valence-electron chi connectivity index (χ2n) is 6.98. The van der Waals surface area contributed by atoms with Crippen molar-refractivity contribution in [3.63, 3.8) is 0 Å². The maximum Gasteiger partial charge on any atom is 0.337 e. The Bertz CT molecular complexity index is 1140. The number of hydrogen-bond acceptors (Lipinski definition) is 6. The predicted molar refractivity (Wildman–Crippen MR) is 121 cm³/mol. The Morgan fingerprint density at radius 2 is 1.21 bits per heavy atom. The summed E-state index contributed by atoms with van der Waals surface area (Å²) in [6, 6.07) is 19.7. The lowest BCUT2D eigenvalue weighted by molar-refractivity contribution is 0.0598. The molecule has 0 radical (unpaired) electrons. The summed E-state index contributed by atoms with van der Waals surface area (Å²) in [5.41, 5.74) is 2.17. The van der Waals surface area contributed by atoms with Crippen LogP contribution < -0.4 is 10.6 Å². The highest BCUT2D eigenvalue weighted by molar-refractivity contribution is 6.06. The number of esters is 2. The molecular weight excluding hydrogens is 424 g/mol. The standard InChI is InChI=1S/C25H22N2O6/c1-32-24(30)19-12-20(25(31)33-2)14-21(13-19)27-23(29)18-10-8-16(9-11-18)15-26-22(28)17-6-4-3-5-7-17/h3-14H,15H2,1-2H3,(H,26,28)(H,27,29). The summed E-state index contributed by atoms with van der Waals surface area (Å²) in [7, 11) is 2.43. The fourth-order valence-corrected chi connectivity index (χ4v) is 3.02. The Kier molecular flexibility index (Phi) is 7.54. The third-order valence-electron chi connectivity index (χ3n) is 4.74. The molecule has 2 amide bonds. The molecule has 168 valence electrons. The topological polar surface area (TPSA) is 111 Å². The van der Waals surface area contributed by atoms with Crippen molar-refractivity contribution in [3.05, 3.63) is 101 Å². The second-order valence-corrected chi connectivity index (χ2v) is 6.98. The number of anilines is 1. The van der Waals surface area contributed by atoms with Crippen molar-refractivity contribution in [2.75, 3.05) is 19.5 Å². The van der Waals surface area contributed by atoms with Crippen LogP contribution in [0.1, 0.15) is 47.0 Å². The van der Waals surface area contributed by atoms with Gasteiger partial charge < -0.3 is 20.1 Å². The Balaban J connectivity index is 1.68. The summed E-state index contributed by atoms with van der Waals surface area (Å²) in [5, 5.41) is 5.49. The first-order chi connectivity index (χ1) is 15.9. The van der Waals surface area contributed by atoms with E-state index in [-0.39, 0.29) is 22.7 Å². The Morgan fingerprint density at radius 3 is 1.76 bits per heavy atom. The normalized spacial score (nSPS) is 10.1. The maximum absolute atomic E-state index is 12.7. The van der Waals surface area contributed by atoms with Gasteiger partial charge in [-0.2, -0.15) is 0 Å². The van der Waals surface area contributed by atoms with Crippen LogP contribution in [0.4, 0.5) is 5.69 Å². The van der Waals surface area contributed by atoms with E-state index in [9.17, 15) is 19.2 Å². The first-order valence-corrected chi connectivity index (χ1v) is 9.96. The van der Waals surface area contributed by atoms with Gasteiger partial charge in [0.2, 0.25) is 0 Å². The monoisotopic (exact) mass is 446 g/mol. The van der Waals surface area contributed by atoms with Crippen LogP contribution in [0, 0.1) is 0 Å². The van der Waals surface area contributed by atoms with Gasteiger partial charge in [-0.15, -0.1) is 0 Å². The van der Waals surface area contributed by atoms with E-state index in [2.05, 4.69) is 10.6 Å². The van der Waals surface area contributed by atoms with Gasteiger partial charge in [-0.3, -0.25) is 9.59 Å². The van der Waals surface area contributed by atoms with Crippen molar-refractivity contribution in [2.24, 2.45) is 0 Å². The van der Waals surface area contributed by atoms with Gasteiger partial charge in [-0.1, -0.05) is 30.3 Å². The van der Waals surface area contributed by atoms with Gasteiger partial charge in [0, 0.05) is 23.4 Å². The van der Waals surface area contributed by atoms with Crippen molar-refractivity contribution >= 4 is 29.4 Å². The molecule has 0 aliphatic rings. The molecule has 2 N–H and O–H groups in total. The number of rotatable bonds is 7. The van der Waals surface area contributed by atoms with Crippen molar-refractivity contribution in [1.82, 2.24) is 5.32 Å². The quantitative estimate of drug-likeness (QED) is 0.538. The van der Waals surface area contributed by atoms with E-state index in [1.807, 2.05) is 6.07 Å². The van der Waals surface area contributed by atoms with E-state index in [0.29, 0.717) is 17.7 Å². The van der Waals surface area contributed by atoms with Gasteiger partial charge in [0.25, 0.3) is 11.8 Å². The Labute approximate surface area is 190 Å². The second kappa shape index (κ2) is 10.7. The summed E-state index contributed by atoms with van der Waals surface area (Å²) >= 11 is 0. The molecule has 0 spiro atoms. The first-order valence-electron chi connectivity index (χ1n) is 9.96. The number of amides is 2. The molecule has 0 aliphatic heterocycles. The molecular formula is C25H22N2O6. The third-order valence-corrected chi connectivity index (χ3v) is 4.74. The van der Waals surface area contributed by atoms with Crippen LogP contribution in [0.2, 0.25) is 0 Å². The van der Waals surface area contributed by atoms with Crippen LogP contribution in [0.5, 0.6) is 0 Å². The predicted octanol–water partition coefficient (Wildman–Crippen LogP) is 3.44. The van der Waals surface area contributed by atoms with E-state index in [0.717, 1.165) is 5.56 Å². The van der Waals surface area contributed by atoms with E-state index in [1.165, 1.54) is 32.4 Å². The van der Waals surface area contributed by atoms with Gasteiger partial charge in [-0.05, 0) is 48.0 Å². The highest BCUT2D eigenvalue weighted by atomic mass is 16.5. The molecule has 0 bridgehead atoms. The molecule has 3 aromatic carbocycles. The summed E-state index contributed by atoms with van der Waals surface area (Å²) in [6.07, 6.45) is 0. The fraction of sp³-hybridized carbons (Fsp3) is 0.120. The summed E-state index contributed by atoms with van der Waals surface area (Å²) in [5.74, 6) is -1.94. The van der Waals surface area contributed by atoms with Gasteiger partial charge in [0.05, 0.1) is 25.3 Å². The maximum atomic E-state index is 12.7. The number of benzene rings is 3. The number of methoxy groups -OCH3 is 2. The lowest BCUT2D eigenvalue weighted by Crippen LogP contribution is -2.22. The molecule has 0 aliphatic carbocycles. The van der Waals surface area contributed by atoms with Crippen LogP contribution in [-0.2, 0) is 16.0 Å². The molecule has 8 nitrogen and oxygen atoms in total. The molecule has 33 heavy (non-hydrogen) atoms. The van der Waals surface area contributed by atoms with Crippen molar-refractivity contribution in [2.45, 2.75) is 6.54 Å². The molecule has 8 heteroatoms. The third kappa shape index (κ3) is 6.04. The summed E-state index contributed by atoms with van der Waals surface area (Å²) in [6.45, 7) is 0.305. The number of nitrogens with one attached hydrogen (secondary N) is 2. The van der Waals surface area contributed by atoms with Crippen LogP contribution in [0.25, 0.3) is 0 Å². The molecule has 0 saturated heterocycles. The molecule has 3 aromatic rings. The zero-order chi connectivity index (χ0) is 23.8. The number of ether oxygens (including phenoxy) is 2. The summed E-state index contributed by atoms with van der Waals surface area (Å²) in [4.78, 5) is 48.6. The highest BCUT2D eigenvalue weighted by Gasteiger charge is 2.15.